The van der Waals surface area contributed by atoms with Crippen molar-refractivity contribution in [3.8, 4) is 17.1 Å². The van der Waals surface area contributed by atoms with Crippen molar-refractivity contribution < 1.29 is 27.2 Å². The van der Waals surface area contributed by atoms with Crippen molar-refractivity contribution in [1.82, 2.24) is 15.5 Å². The molecule has 1 aromatic heterocycles. The maximum atomic E-state index is 12.8. The maximum absolute atomic E-state index is 12.8. The second-order valence-corrected chi connectivity index (χ2v) is 7.48. The van der Waals surface area contributed by atoms with Crippen molar-refractivity contribution in [3.63, 3.8) is 0 Å². The van der Waals surface area contributed by atoms with Gasteiger partial charge in [0.25, 0.3) is 5.91 Å². The zero-order valence-corrected chi connectivity index (χ0v) is 18.0. The minimum atomic E-state index is -4.48. The number of hydrogen-bond donors (Lipinski definition) is 1. The van der Waals surface area contributed by atoms with E-state index in [1.807, 2.05) is 30.3 Å². The number of hydrogen-bond acceptors (Lipinski definition) is 5. The van der Waals surface area contributed by atoms with E-state index >= 15 is 0 Å². The molecule has 4 rings (SSSR count). The van der Waals surface area contributed by atoms with E-state index in [0.717, 1.165) is 29.8 Å². The van der Waals surface area contributed by atoms with Gasteiger partial charge in [0.2, 0.25) is 11.7 Å². The number of methoxy groups -OCH3 is 1. The fourth-order valence-corrected chi connectivity index (χ4v) is 3.36. The van der Waals surface area contributed by atoms with Gasteiger partial charge in [0.15, 0.2) is 0 Å². The highest BCUT2D eigenvalue weighted by atomic mass is 19.4. The number of alkyl halides is 3. The molecular weight excluding hydrogens is 447 g/mol. The number of carbonyl (C=O) groups excluding carboxylic acids is 1. The van der Waals surface area contributed by atoms with Crippen LogP contribution >= 0.6 is 0 Å². The fourth-order valence-electron chi connectivity index (χ4n) is 3.36. The number of rotatable bonds is 7. The Morgan fingerprint density at radius 2 is 1.76 bits per heavy atom. The van der Waals surface area contributed by atoms with Gasteiger partial charge in [-0.05, 0) is 42.0 Å². The van der Waals surface area contributed by atoms with Gasteiger partial charge in [-0.1, -0.05) is 47.6 Å². The summed E-state index contributed by atoms with van der Waals surface area (Å²) < 4.78 is 49.2. The summed E-state index contributed by atoms with van der Waals surface area (Å²) in [5.74, 6) is 0.550. The summed E-state index contributed by atoms with van der Waals surface area (Å²) in [6.45, 7) is 0. The lowest BCUT2D eigenvalue weighted by molar-refractivity contribution is -0.137. The topological polar surface area (TPSA) is 77.3 Å². The molecule has 0 bridgehead atoms. The Morgan fingerprint density at radius 1 is 1.03 bits per heavy atom. The number of nitrogens with zero attached hydrogens (tertiary/aromatic N) is 2. The van der Waals surface area contributed by atoms with E-state index in [4.69, 9.17) is 9.26 Å². The third-order valence-electron chi connectivity index (χ3n) is 5.13. The molecule has 6 nitrogen and oxygen atoms in total. The van der Waals surface area contributed by atoms with Crippen molar-refractivity contribution in [2.45, 2.75) is 18.6 Å². The second kappa shape index (κ2) is 9.78. The van der Waals surface area contributed by atoms with Gasteiger partial charge in [0.1, 0.15) is 11.8 Å². The number of amides is 1. The van der Waals surface area contributed by atoms with Crippen LogP contribution in [0.3, 0.4) is 0 Å². The fraction of sp³-hybridized carbons (Fsp3) is 0.160. The third kappa shape index (κ3) is 5.43. The van der Waals surface area contributed by atoms with Crippen LogP contribution in [0.15, 0.2) is 83.4 Å². The minimum Gasteiger partial charge on any atom is -0.497 e. The Hall–Kier alpha value is -4.14. The molecule has 0 saturated carbocycles. The summed E-state index contributed by atoms with van der Waals surface area (Å²) in [5, 5.41) is 6.83. The van der Waals surface area contributed by atoms with Gasteiger partial charge in [-0.15, -0.1) is 0 Å². The van der Waals surface area contributed by atoms with Crippen LogP contribution < -0.4 is 10.1 Å². The number of carbonyl (C=O) groups is 1. The quantitative estimate of drug-likeness (QED) is 0.390. The Morgan fingerprint density at radius 3 is 2.44 bits per heavy atom. The maximum Gasteiger partial charge on any atom is 0.416 e. The molecule has 34 heavy (non-hydrogen) atoms. The van der Waals surface area contributed by atoms with E-state index in [9.17, 15) is 18.0 Å². The smallest absolute Gasteiger partial charge is 0.416 e. The monoisotopic (exact) mass is 467 g/mol. The lowest BCUT2D eigenvalue weighted by atomic mass is 10.0. The predicted octanol–water partition coefficient (Wildman–Crippen LogP) is 5.48. The van der Waals surface area contributed by atoms with E-state index in [-0.39, 0.29) is 11.5 Å². The molecule has 3 aromatic carbocycles. The molecule has 1 amide bonds. The lowest BCUT2D eigenvalue weighted by Gasteiger charge is -2.16. The standard InChI is InChI=1S/C25H20F3N3O3/c1-33-20-9-5-8-18(15-20)22-30-24(34-31-22)21(14-16-6-3-2-4-7-16)29-23(32)17-10-12-19(13-11-17)25(26,27)28/h2-13,15,21H,14H2,1H3,(H,29,32). The van der Waals surface area contributed by atoms with E-state index in [2.05, 4.69) is 15.5 Å². The first kappa shape index (κ1) is 23.0. The van der Waals surface area contributed by atoms with Crippen LogP contribution in [0.1, 0.15) is 33.4 Å². The summed E-state index contributed by atoms with van der Waals surface area (Å²) in [7, 11) is 1.55. The van der Waals surface area contributed by atoms with E-state index in [0.29, 0.717) is 23.6 Å². The van der Waals surface area contributed by atoms with Crippen LogP contribution in [-0.4, -0.2) is 23.2 Å². The molecule has 174 valence electrons. The first-order valence-corrected chi connectivity index (χ1v) is 10.3. The zero-order valence-electron chi connectivity index (χ0n) is 18.0. The molecular formula is C25H20F3N3O3. The van der Waals surface area contributed by atoms with Gasteiger partial charge < -0.3 is 14.6 Å². The van der Waals surface area contributed by atoms with Crippen LogP contribution in [0.25, 0.3) is 11.4 Å². The average Bonchev–Trinajstić information content (AvgIpc) is 3.34. The van der Waals surface area contributed by atoms with Crippen molar-refractivity contribution in [1.29, 1.82) is 0 Å². The normalized spacial score (nSPS) is 12.2. The van der Waals surface area contributed by atoms with Crippen LogP contribution in [0.4, 0.5) is 13.2 Å². The molecule has 1 heterocycles. The first-order chi connectivity index (χ1) is 16.3. The molecule has 0 spiro atoms. The summed E-state index contributed by atoms with van der Waals surface area (Å²) in [4.78, 5) is 17.3. The molecule has 0 saturated heterocycles. The number of aromatic nitrogens is 2. The molecule has 0 aliphatic rings. The van der Waals surface area contributed by atoms with Gasteiger partial charge in [-0.25, -0.2) is 0 Å². The zero-order chi connectivity index (χ0) is 24.1. The highest BCUT2D eigenvalue weighted by Gasteiger charge is 2.30. The number of ether oxygens (including phenoxy) is 1. The molecule has 1 N–H and O–H groups in total. The van der Waals surface area contributed by atoms with Crippen molar-refractivity contribution in [3.05, 3.63) is 101 Å². The number of nitrogens with one attached hydrogen (secondary N) is 1. The number of benzene rings is 3. The molecule has 0 radical (unpaired) electrons. The summed E-state index contributed by atoms with van der Waals surface area (Å²) >= 11 is 0. The summed E-state index contributed by atoms with van der Waals surface area (Å²) in [5.41, 5.74) is 0.826. The lowest BCUT2D eigenvalue weighted by Crippen LogP contribution is -2.30. The van der Waals surface area contributed by atoms with Gasteiger partial charge >= 0.3 is 6.18 Å². The van der Waals surface area contributed by atoms with Crippen molar-refractivity contribution in [2.24, 2.45) is 0 Å². The summed E-state index contributed by atoms with van der Waals surface area (Å²) in [6, 6.07) is 19.8. The highest BCUT2D eigenvalue weighted by Crippen LogP contribution is 2.29. The van der Waals surface area contributed by atoms with Crippen LogP contribution in [0.2, 0.25) is 0 Å². The molecule has 0 aliphatic heterocycles. The molecule has 9 heteroatoms. The van der Waals surface area contributed by atoms with Gasteiger partial charge in [0.05, 0.1) is 12.7 Å². The molecule has 4 aromatic rings. The molecule has 1 atom stereocenters. The third-order valence-corrected chi connectivity index (χ3v) is 5.13. The van der Waals surface area contributed by atoms with Crippen LogP contribution in [-0.2, 0) is 12.6 Å². The Balaban J connectivity index is 1.60. The van der Waals surface area contributed by atoms with Gasteiger partial charge in [0, 0.05) is 17.5 Å². The van der Waals surface area contributed by atoms with E-state index < -0.39 is 23.7 Å². The SMILES string of the molecule is COc1cccc(-c2noc(C(Cc3ccccc3)NC(=O)c3ccc(C(F)(F)F)cc3)n2)c1. The van der Waals surface area contributed by atoms with Gasteiger partial charge in [-0.2, -0.15) is 18.2 Å². The first-order valence-electron chi connectivity index (χ1n) is 10.3. The van der Waals surface area contributed by atoms with E-state index in [1.54, 1.807) is 31.4 Å². The molecule has 0 aliphatic carbocycles. The molecule has 0 fully saturated rings. The van der Waals surface area contributed by atoms with Gasteiger partial charge in [-0.3, -0.25) is 4.79 Å². The van der Waals surface area contributed by atoms with Crippen molar-refractivity contribution in [2.75, 3.05) is 7.11 Å². The number of halogens is 3. The largest absolute Gasteiger partial charge is 0.497 e. The highest BCUT2D eigenvalue weighted by molar-refractivity contribution is 5.94. The summed E-state index contributed by atoms with van der Waals surface area (Å²) in [6.07, 6.45) is -4.14. The Labute approximate surface area is 193 Å². The van der Waals surface area contributed by atoms with Crippen molar-refractivity contribution >= 4 is 5.91 Å². The Bertz CT molecular complexity index is 1260. The predicted molar refractivity (Wildman–Crippen MR) is 118 cm³/mol. The van der Waals surface area contributed by atoms with Crippen LogP contribution in [0, 0.1) is 0 Å². The molecule has 1 unspecified atom stereocenters. The minimum absolute atomic E-state index is 0.0820. The van der Waals surface area contributed by atoms with E-state index in [1.165, 1.54) is 0 Å². The van der Waals surface area contributed by atoms with Crippen LogP contribution in [0.5, 0.6) is 5.75 Å². The average molecular weight is 467 g/mol. The second-order valence-electron chi connectivity index (χ2n) is 7.48. The Kier molecular flexibility index (Phi) is 6.62.